The van der Waals surface area contributed by atoms with Crippen molar-refractivity contribution in [3.8, 4) is 11.3 Å². The molecule has 0 saturated carbocycles. The zero-order valence-corrected chi connectivity index (χ0v) is 11.7. The zero-order chi connectivity index (χ0) is 13.3. The van der Waals surface area contributed by atoms with Gasteiger partial charge in [0, 0.05) is 17.1 Å². The SMILES string of the molecule is Cc1c(CC(=O)O)nn(C)c1-c1ccc(Br)cc1. The van der Waals surface area contributed by atoms with Crippen LogP contribution in [-0.2, 0) is 18.3 Å². The van der Waals surface area contributed by atoms with Gasteiger partial charge in [-0.15, -0.1) is 0 Å². The van der Waals surface area contributed by atoms with Gasteiger partial charge in [-0.1, -0.05) is 28.1 Å². The molecule has 0 atom stereocenters. The molecule has 1 N–H and O–H groups in total. The van der Waals surface area contributed by atoms with Gasteiger partial charge < -0.3 is 5.11 Å². The topological polar surface area (TPSA) is 55.1 Å². The van der Waals surface area contributed by atoms with Crippen molar-refractivity contribution in [3.05, 3.63) is 40.0 Å². The van der Waals surface area contributed by atoms with Gasteiger partial charge in [-0.25, -0.2) is 0 Å². The molecule has 0 fully saturated rings. The van der Waals surface area contributed by atoms with Gasteiger partial charge in [-0.2, -0.15) is 5.10 Å². The summed E-state index contributed by atoms with van der Waals surface area (Å²) in [6, 6.07) is 7.88. The second-order valence-electron chi connectivity index (χ2n) is 4.12. The Balaban J connectivity index is 2.48. The Hall–Kier alpha value is -1.62. The van der Waals surface area contributed by atoms with Crippen LogP contribution in [0.3, 0.4) is 0 Å². The summed E-state index contributed by atoms with van der Waals surface area (Å²) in [6.07, 6.45) is -0.0454. The van der Waals surface area contributed by atoms with E-state index in [1.54, 1.807) is 4.68 Å². The van der Waals surface area contributed by atoms with Gasteiger partial charge in [0.2, 0.25) is 0 Å². The lowest BCUT2D eigenvalue weighted by atomic mass is 10.1. The number of nitrogens with zero attached hydrogens (tertiary/aromatic N) is 2. The molecular formula is C13H13BrN2O2. The van der Waals surface area contributed by atoms with E-state index in [1.165, 1.54) is 0 Å². The van der Waals surface area contributed by atoms with E-state index in [4.69, 9.17) is 5.11 Å². The van der Waals surface area contributed by atoms with Crippen LogP contribution in [0.15, 0.2) is 28.7 Å². The molecule has 1 heterocycles. The van der Waals surface area contributed by atoms with Crippen LogP contribution in [0.25, 0.3) is 11.3 Å². The van der Waals surface area contributed by atoms with Crippen LogP contribution in [0, 0.1) is 6.92 Å². The largest absolute Gasteiger partial charge is 0.481 e. The van der Waals surface area contributed by atoms with Crippen LogP contribution in [0.2, 0.25) is 0 Å². The lowest BCUT2D eigenvalue weighted by Crippen LogP contribution is -2.02. The highest BCUT2D eigenvalue weighted by Crippen LogP contribution is 2.26. The first-order valence-electron chi connectivity index (χ1n) is 5.49. The molecule has 0 saturated heterocycles. The third-order valence-electron chi connectivity index (χ3n) is 2.82. The Morgan fingerprint density at radius 1 is 1.39 bits per heavy atom. The standard InChI is InChI=1S/C13H13BrN2O2/c1-8-11(7-12(17)18)15-16(2)13(8)9-3-5-10(14)6-4-9/h3-6H,7H2,1-2H3,(H,17,18). The lowest BCUT2D eigenvalue weighted by Gasteiger charge is -2.04. The maximum Gasteiger partial charge on any atom is 0.309 e. The van der Waals surface area contributed by atoms with Gasteiger partial charge in [-0.05, 0) is 24.6 Å². The highest BCUT2D eigenvalue weighted by atomic mass is 79.9. The number of benzene rings is 1. The number of carboxylic acids is 1. The Labute approximate surface area is 113 Å². The number of carbonyl (C=O) groups is 1. The highest BCUT2D eigenvalue weighted by molar-refractivity contribution is 9.10. The number of hydrogen-bond acceptors (Lipinski definition) is 2. The molecule has 94 valence electrons. The summed E-state index contributed by atoms with van der Waals surface area (Å²) in [5, 5.41) is 13.1. The minimum absolute atomic E-state index is 0.0454. The van der Waals surface area contributed by atoms with Gasteiger partial charge in [0.05, 0.1) is 17.8 Å². The number of hydrogen-bond donors (Lipinski definition) is 1. The van der Waals surface area contributed by atoms with Crippen molar-refractivity contribution in [3.63, 3.8) is 0 Å². The molecule has 0 amide bonds. The molecule has 0 aliphatic rings. The van der Waals surface area contributed by atoms with Crippen molar-refractivity contribution >= 4 is 21.9 Å². The fourth-order valence-corrected chi connectivity index (χ4v) is 2.27. The Kier molecular flexibility index (Phi) is 3.52. The molecular weight excluding hydrogens is 296 g/mol. The number of carboxylic acid groups (broad SMARTS) is 1. The average molecular weight is 309 g/mol. The molecule has 2 rings (SSSR count). The smallest absolute Gasteiger partial charge is 0.309 e. The van der Waals surface area contributed by atoms with Crippen molar-refractivity contribution in [2.24, 2.45) is 7.05 Å². The van der Waals surface area contributed by atoms with Crippen LogP contribution >= 0.6 is 15.9 Å². The monoisotopic (exact) mass is 308 g/mol. The molecule has 0 aliphatic heterocycles. The Morgan fingerprint density at radius 2 is 2.00 bits per heavy atom. The molecule has 0 unspecified atom stereocenters. The minimum atomic E-state index is -0.862. The van der Waals surface area contributed by atoms with Crippen LogP contribution in [-0.4, -0.2) is 20.9 Å². The Bertz CT molecular complexity index is 588. The highest BCUT2D eigenvalue weighted by Gasteiger charge is 2.15. The summed E-state index contributed by atoms with van der Waals surface area (Å²) in [5.74, 6) is -0.862. The molecule has 18 heavy (non-hydrogen) atoms. The Morgan fingerprint density at radius 3 is 2.56 bits per heavy atom. The predicted molar refractivity (Wildman–Crippen MR) is 72.4 cm³/mol. The van der Waals surface area contributed by atoms with E-state index in [0.29, 0.717) is 5.69 Å². The summed E-state index contributed by atoms with van der Waals surface area (Å²) in [7, 11) is 1.83. The van der Waals surface area contributed by atoms with Crippen LogP contribution < -0.4 is 0 Å². The number of rotatable bonds is 3. The summed E-state index contributed by atoms with van der Waals surface area (Å²) in [5.41, 5.74) is 3.52. The summed E-state index contributed by atoms with van der Waals surface area (Å²) < 4.78 is 2.74. The van der Waals surface area contributed by atoms with Crippen molar-refractivity contribution < 1.29 is 9.90 Å². The molecule has 1 aromatic carbocycles. The predicted octanol–water partition coefficient (Wildman–Crippen LogP) is 2.79. The van der Waals surface area contributed by atoms with Gasteiger partial charge >= 0.3 is 5.97 Å². The van der Waals surface area contributed by atoms with E-state index >= 15 is 0 Å². The molecule has 5 heteroatoms. The number of aryl methyl sites for hydroxylation is 1. The van der Waals surface area contributed by atoms with E-state index in [2.05, 4.69) is 21.0 Å². The van der Waals surface area contributed by atoms with Crippen molar-refractivity contribution in [2.75, 3.05) is 0 Å². The minimum Gasteiger partial charge on any atom is -0.481 e. The van der Waals surface area contributed by atoms with Crippen LogP contribution in [0.1, 0.15) is 11.3 Å². The third kappa shape index (κ3) is 2.46. The molecule has 0 radical (unpaired) electrons. The second-order valence-corrected chi connectivity index (χ2v) is 5.04. The van der Waals surface area contributed by atoms with E-state index in [1.807, 2.05) is 38.2 Å². The average Bonchev–Trinajstić information content (AvgIpc) is 2.55. The summed E-state index contributed by atoms with van der Waals surface area (Å²) in [4.78, 5) is 10.8. The lowest BCUT2D eigenvalue weighted by molar-refractivity contribution is -0.136. The fourth-order valence-electron chi connectivity index (χ4n) is 2.01. The first kappa shape index (κ1) is 12.8. The fraction of sp³-hybridized carbons (Fsp3) is 0.231. The molecule has 0 bridgehead atoms. The van der Waals surface area contributed by atoms with Crippen molar-refractivity contribution in [1.82, 2.24) is 9.78 Å². The number of aliphatic carboxylic acids is 1. The maximum absolute atomic E-state index is 10.8. The van der Waals surface area contributed by atoms with Crippen LogP contribution in [0.4, 0.5) is 0 Å². The molecule has 0 spiro atoms. The van der Waals surface area contributed by atoms with Gasteiger partial charge in [0.15, 0.2) is 0 Å². The molecule has 0 aliphatic carbocycles. The van der Waals surface area contributed by atoms with Crippen LogP contribution in [0.5, 0.6) is 0 Å². The molecule has 2 aromatic rings. The quantitative estimate of drug-likeness (QED) is 0.948. The van der Waals surface area contributed by atoms with E-state index in [9.17, 15) is 4.79 Å². The van der Waals surface area contributed by atoms with E-state index in [0.717, 1.165) is 21.3 Å². The number of aromatic nitrogens is 2. The van der Waals surface area contributed by atoms with E-state index < -0.39 is 5.97 Å². The maximum atomic E-state index is 10.8. The molecule has 4 nitrogen and oxygen atoms in total. The van der Waals surface area contributed by atoms with Gasteiger partial charge in [0.25, 0.3) is 0 Å². The summed E-state index contributed by atoms with van der Waals surface area (Å²) in [6.45, 7) is 1.91. The third-order valence-corrected chi connectivity index (χ3v) is 3.35. The normalized spacial score (nSPS) is 10.6. The first-order valence-corrected chi connectivity index (χ1v) is 6.28. The van der Waals surface area contributed by atoms with Gasteiger partial charge in [-0.3, -0.25) is 9.48 Å². The van der Waals surface area contributed by atoms with Crippen molar-refractivity contribution in [1.29, 1.82) is 0 Å². The summed E-state index contributed by atoms with van der Waals surface area (Å²) >= 11 is 3.39. The number of halogens is 1. The zero-order valence-electron chi connectivity index (χ0n) is 10.1. The van der Waals surface area contributed by atoms with E-state index in [-0.39, 0.29) is 6.42 Å². The van der Waals surface area contributed by atoms with Gasteiger partial charge in [0.1, 0.15) is 0 Å². The first-order chi connectivity index (χ1) is 8.49. The van der Waals surface area contributed by atoms with Crippen molar-refractivity contribution in [2.45, 2.75) is 13.3 Å². The second kappa shape index (κ2) is 4.94. The molecule has 1 aromatic heterocycles.